The Morgan fingerprint density at radius 1 is 1.14 bits per heavy atom. The number of nitro groups is 1. The summed E-state index contributed by atoms with van der Waals surface area (Å²) in [5, 5.41) is 20.2. The van der Waals surface area contributed by atoms with Gasteiger partial charge in [-0.15, -0.1) is 10.2 Å². The Morgan fingerprint density at radius 2 is 1.89 bits per heavy atom. The molecule has 0 spiro atoms. The molecule has 0 radical (unpaired) electrons. The van der Waals surface area contributed by atoms with Gasteiger partial charge < -0.3 is 9.47 Å². The Balaban J connectivity index is 1.65. The second kappa shape index (κ2) is 11.6. The van der Waals surface area contributed by atoms with Crippen molar-refractivity contribution in [2.24, 2.45) is 0 Å². The summed E-state index contributed by atoms with van der Waals surface area (Å²) in [6, 6.07) is 17.1. The number of ether oxygens (including phenoxy) is 2. The SMILES string of the molecule is COc1cc([C@H](C[N+](=O)[O-])Sc2nnc(C)n2-c2cccc(C)c2)cc(Cl)c1OCc1ccc(F)cc1. The third kappa shape index (κ3) is 6.39. The van der Waals surface area contributed by atoms with Crippen molar-refractivity contribution in [2.75, 3.05) is 13.7 Å². The van der Waals surface area contributed by atoms with Crippen LogP contribution in [0.15, 0.2) is 65.8 Å². The Kier molecular flexibility index (Phi) is 8.30. The normalized spacial score (nSPS) is 11.8. The Hall–Kier alpha value is -3.63. The summed E-state index contributed by atoms with van der Waals surface area (Å²) in [5.41, 5.74) is 3.26. The van der Waals surface area contributed by atoms with Gasteiger partial charge in [-0.25, -0.2) is 4.39 Å². The molecule has 4 aromatic rings. The number of thioether (sulfide) groups is 1. The van der Waals surface area contributed by atoms with Gasteiger partial charge >= 0.3 is 0 Å². The van der Waals surface area contributed by atoms with E-state index in [1.54, 1.807) is 24.3 Å². The van der Waals surface area contributed by atoms with Crippen LogP contribution in [0.1, 0.15) is 27.8 Å². The largest absolute Gasteiger partial charge is 0.493 e. The van der Waals surface area contributed by atoms with Gasteiger partial charge in [0.15, 0.2) is 16.7 Å². The number of aromatic nitrogens is 3. The van der Waals surface area contributed by atoms with Crippen LogP contribution in [-0.2, 0) is 6.61 Å². The van der Waals surface area contributed by atoms with E-state index in [2.05, 4.69) is 10.2 Å². The first-order chi connectivity index (χ1) is 17.7. The molecule has 0 saturated heterocycles. The van der Waals surface area contributed by atoms with Crippen molar-refractivity contribution >= 4 is 23.4 Å². The lowest BCUT2D eigenvalue weighted by Gasteiger charge is -2.18. The van der Waals surface area contributed by atoms with Gasteiger partial charge in [0.1, 0.15) is 23.5 Å². The van der Waals surface area contributed by atoms with E-state index in [4.69, 9.17) is 21.1 Å². The topological polar surface area (TPSA) is 92.3 Å². The molecule has 0 fully saturated rings. The lowest BCUT2D eigenvalue weighted by atomic mass is 10.1. The molecule has 37 heavy (non-hydrogen) atoms. The smallest absolute Gasteiger partial charge is 0.220 e. The second-order valence-corrected chi connectivity index (χ2v) is 9.85. The van der Waals surface area contributed by atoms with Crippen LogP contribution < -0.4 is 9.47 Å². The molecule has 0 aliphatic rings. The summed E-state index contributed by atoms with van der Waals surface area (Å²) in [5.74, 6) is 0.940. The highest BCUT2D eigenvalue weighted by atomic mass is 35.5. The molecule has 0 unspecified atom stereocenters. The second-order valence-electron chi connectivity index (χ2n) is 8.28. The lowest BCUT2D eigenvalue weighted by Crippen LogP contribution is -2.12. The predicted octanol–water partition coefficient (Wildman–Crippen LogP) is 6.37. The van der Waals surface area contributed by atoms with Gasteiger partial charge in [0.25, 0.3) is 0 Å². The van der Waals surface area contributed by atoms with E-state index < -0.39 is 5.25 Å². The molecule has 0 amide bonds. The van der Waals surface area contributed by atoms with Crippen LogP contribution in [0.2, 0.25) is 5.02 Å². The van der Waals surface area contributed by atoms with Crippen molar-refractivity contribution in [3.63, 3.8) is 0 Å². The fraction of sp³-hybridized carbons (Fsp3) is 0.231. The number of aryl methyl sites for hydroxylation is 2. The van der Waals surface area contributed by atoms with Crippen molar-refractivity contribution in [1.29, 1.82) is 0 Å². The first-order valence-corrected chi connectivity index (χ1v) is 12.5. The van der Waals surface area contributed by atoms with E-state index in [0.717, 1.165) is 16.8 Å². The first-order valence-electron chi connectivity index (χ1n) is 11.3. The molecule has 8 nitrogen and oxygen atoms in total. The van der Waals surface area contributed by atoms with Crippen LogP contribution in [-0.4, -0.2) is 33.3 Å². The number of rotatable bonds is 10. The van der Waals surface area contributed by atoms with Crippen molar-refractivity contribution in [3.8, 4) is 17.2 Å². The molecule has 4 rings (SSSR count). The van der Waals surface area contributed by atoms with E-state index in [9.17, 15) is 14.5 Å². The van der Waals surface area contributed by atoms with E-state index in [0.29, 0.717) is 28.0 Å². The summed E-state index contributed by atoms with van der Waals surface area (Å²) in [7, 11) is 1.47. The minimum atomic E-state index is -0.639. The van der Waals surface area contributed by atoms with Gasteiger partial charge in [-0.2, -0.15) is 0 Å². The molecule has 0 aliphatic heterocycles. The summed E-state index contributed by atoms with van der Waals surface area (Å²) < 4.78 is 26.4. The highest BCUT2D eigenvalue weighted by Gasteiger charge is 2.26. The van der Waals surface area contributed by atoms with Crippen molar-refractivity contribution in [3.05, 3.63) is 104 Å². The quantitative estimate of drug-likeness (QED) is 0.130. The third-order valence-electron chi connectivity index (χ3n) is 5.54. The Bertz CT molecular complexity index is 1410. The summed E-state index contributed by atoms with van der Waals surface area (Å²) in [4.78, 5) is 11.2. The average Bonchev–Trinajstić information content (AvgIpc) is 3.23. The number of hydrogen-bond donors (Lipinski definition) is 0. The van der Waals surface area contributed by atoms with Crippen molar-refractivity contribution in [1.82, 2.24) is 14.8 Å². The van der Waals surface area contributed by atoms with E-state index >= 15 is 0 Å². The maximum absolute atomic E-state index is 13.2. The van der Waals surface area contributed by atoms with Gasteiger partial charge in [0.05, 0.1) is 12.1 Å². The van der Waals surface area contributed by atoms with Crippen LogP contribution in [0.3, 0.4) is 0 Å². The van der Waals surface area contributed by atoms with E-state index in [1.807, 2.05) is 42.7 Å². The molecule has 1 aromatic heterocycles. The molecule has 1 atom stereocenters. The van der Waals surface area contributed by atoms with Crippen LogP contribution in [0, 0.1) is 29.8 Å². The third-order valence-corrected chi connectivity index (χ3v) is 7.00. The van der Waals surface area contributed by atoms with Gasteiger partial charge in [-0.1, -0.05) is 47.6 Å². The molecule has 0 N–H and O–H groups in total. The maximum Gasteiger partial charge on any atom is 0.220 e. The minimum Gasteiger partial charge on any atom is -0.493 e. The van der Waals surface area contributed by atoms with Crippen molar-refractivity contribution < 1.29 is 18.8 Å². The molecule has 1 heterocycles. The van der Waals surface area contributed by atoms with Crippen molar-refractivity contribution in [2.45, 2.75) is 30.9 Å². The number of hydrogen-bond acceptors (Lipinski definition) is 7. The average molecular weight is 543 g/mol. The Morgan fingerprint density at radius 3 is 2.57 bits per heavy atom. The zero-order valence-corrected chi connectivity index (χ0v) is 21.9. The van der Waals surface area contributed by atoms with Crippen LogP contribution in [0.25, 0.3) is 5.69 Å². The highest BCUT2D eigenvalue weighted by Crippen LogP contribution is 2.43. The van der Waals surface area contributed by atoms with Crippen LogP contribution in [0.4, 0.5) is 4.39 Å². The minimum absolute atomic E-state index is 0.141. The molecular weight excluding hydrogens is 519 g/mol. The zero-order valence-electron chi connectivity index (χ0n) is 20.4. The first kappa shape index (κ1) is 26.4. The maximum atomic E-state index is 13.2. The lowest BCUT2D eigenvalue weighted by molar-refractivity contribution is -0.479. The fourth-order valence-corrected chi connectivity index (χ4v) is 5.19. The number of methoxy groups -OCH3 is 1. The van der Waals surface area contributed by atoms with Gasteiger partial charge in [-0.3, -0.25) is 14.7 Å². The fourth-order valence-electron chi connectivity index (χ4n) is 3.76. The molecule has 0 saturated carbocycles. The molecule has 3 aromatic carbocycles. The number of nitrogens with zero attached hydrogens (tertiary/aromatic N) is 4. The zero-order chi connectivity index (χ0) is 26.5. The van der Waals surface area contributed by atoms with Gasteiger partial charge in [0, 0.05) is 10.6 Å². The highest BCUT2D eigenvalue weighted by molar-refractivity contribution is 7.99. The Labute approximate surface area is 222 Å². The molecular formula is C26H24ClFN4O4S. The number of halogens is 2. The van der Waals surface area contributed by atoms with Gasteiger partial charge in [0.2, 0.25) is 6.54 Å². The monoisotopic (exact) mass is 542 g/mol. The summed E-state index contributed by atoms with van der Waals surface area (Å²) >= 11 is 7.78. The van der Waals surface area contributed by atoms with Crippen LogP contribution >= 0.6 is 23.4 Å². The number of benzene rings is 3. The summed E-state index contributed by atoms with van der Waals surface area (Å²) in [6.07, 6.45) is 0. The van der Waals surface area contributed by atoms with Crippen LogP contribution in [0.5, 0.6) is 11.5 Å². The summed E-state index contributed by atoms with van der Waals surface area (Å²) in [6.45, 7) is 3.58. The predicted molar refractivity (Wildman–Crippen MR) is 140 cm³/mol. The molecule has 0 bridgehead atoms. The van der Waals surface area contributed by atoms with Gasteiger partial charge in [-0.05, 0) is 66.9 Å². The standard InChI is InChI=1S/C26H24ClFN4O4S/c1-16-5-4-6-21(11-16)32-17(2)29-30-26(32)37-24(14-31(33)34)19-12-22(27)25(23(13-19)35-3)36-15-18-7-9-20(28)10-8-18/h4-13,24H,14-15H2,1-3H3/t24-/m0/s1. The molecule has 11 heteroatoms. The van der Waals surface area contributed by atoms with E-state index in [1.165, 1.54) is 31.0 Å². The molecule has 0 aliphatic carbocycles. The molecule has 192 valence electrons. The van der Waals surface area contributed by atoms with E-state index in [-0.39, 0.29) is 28.9 Å².